The van der Waals surface area contributed by atoms with Crippen LogP contribution in [0.15, 0.2) is 12.3 Å². The van der Waals surface area contributed by atoms with Gasteiger partial charge in [-0.05, 0) is 6.42 Å². The first-order valence-electron chi connectivity index (χ1n) is 4.18. The van der Waals surface area contributed by atoms with E-state index in [1.165, 1.54) is 0 Å². The second-order valence-electron chi connectivity index (χ2n) is 2.73. The third-order valence-electron chi connectivity index (χ3n) is 1.31. The molecule has 0 aromatic heterocycles. The van der Waals surface area contributed by atoms with Gasteiger partial charge in [0.2, 0.25) is 0 Å². The van der Waals surface area contributed by atoms with Crippen LogP contribution in [-0.2, 0) is 18.8 Å². The van der Waals surface area contributed by atoms with E-state index in [-0.39, 0.29) is 12.8 Å². The van der Waals surface area contributed by atoms with Crippen LogP contribution in [0, 0.1) is 0 Å². The van der Waals surface area contributed by atoms with Gasteiger partial charge < -0.3 is 0 Å². The zero-order valence-electron chi connectivity index (χ0n) is 8.02. The molecule has 0 aromatic rings. The molecular weight excluding hydrogens is 208 g/mol. The lowest BCUT2D eigenvalue weighted by Crippen LogP contribution is -2.19. The minimum absolute atomic E-state index is 0.173. The van der Waals surface area contributed by atoms with Crippen LogP contribution < -0.4 is 0 Å². The van der Waals surface area contributed by atoms with Crippen molar-refractivity contribution in [2.45, 2.75) is 19.9 Å². The van der Waals surface area contributed by atoms with Crippen molar-refractivity contribution < 1.29 is 16.8 Å². The summed E-state index contributed by atoms with van der Waals surface area (Å²) in [6, 6.07) is 0. The van der Waals surface area contributed by atoms with Crippen LogP contribution in [0.25, 0.3) is 0 Å². The van der Waals surface area contributed by atoms with Crippen LogP contribution in [0.5, 0.6) is 0 Å². The maximum atomic E-state index is 11.0. The molecule has 0 bridgehead atoms. The van der Waals surface area contributed by atoms with Crippen LogP contribution in [0.2, 0.25) is 6.55 Å². The highest BCUT2D eigenvalue weighted by Gasteiger charge is 2.12. The highest BCUT2D eigenvalue weighted by molar-refractivity contribution is 7.81. The second-order valence-corrected chi connectivity index (χ2v) is 6.77. The first kappa shape index (κ1) is 12.8. The molecule has 6 heteroatoms. The van der Waals surface area contributed by atoms with Gasteiger partial charge in [-0.25, -0.2) is 4.18 Å². The maximum Gasteiger partial charge on any atom is 0.399 e. The Morgan fingerprint density at radius 2 is 2.08 bits per heavy atom. The van der Waals surface area contributed by atoms with E-state index in [0.29, 0.717) is 6.42 Å². The fraction of sp³-hybridized carbons (Fsp3) is 0.714. The highest BCUT2D eigenvalue weighted by Crippen LogP contribution is 1.98. The number of rotatable bonds is 7. The van der Waals surface area contributed by atoms with Gasteiger partial charge in [0.15, 0.2) is 0 Å². The third-order valence-corrected chi connectivity index (χ3v) is 3.93. The van der Waals surface area contributed by atoms with E-state index in [2.05, 4.69) is 14.9 Å². The molecule has 0 heterocycles. The average molecular weight is 224 g/mol. The van der Waals surface area contributed by atoms with Gasteiger partial charge in [-0.3, -0.25) is 4.18 Å². The quantitative estimate of drug-likeness (QED) is 0.600. The standard InChI is InChI=1S/C7H16O4SSi/c1-4-6-10-12(8,9)11-7-13(3)5-2/h5,13H,2,4,6-7H2,1,3H3. The van der Waals surface area contributed by atoms with E-state index in [1.807, 2.05) is 13.5 Å². The highest BCUT2D eigenvalue weighted by atomic mass is 32.3. The van der Waals surface area contributed by atoms with Crippen molar-refractivity contribution in [3.8, 4) is 0 Å². The Hall–Kier alpha value is -0.173. The van der Waals surface area contributed by atoms with Crippen LogP contribution in [0.1, 0.15) is 13.3 Å². The Bertz CT molecular complexity index is 237. The normalized spacial score (nSPS) is 14.0. The first-order chi connectivity index (χ1) is 6.02. The van der Waals surface area contributed by atoms with Gasteiger partial charge in [-0.2, -0.15) is 8.42 Å². The van der Waals surface area contributed by atoms with Crippen LogP contribution in [0.3, 0.4) is 0 Å². The molecule has 1 unspecified atom stereocenters. The summed E-state index contributed by atoms with van der Waals surface area (Å²) in [5.74, 6) is 0. The molecule has 0 aromatic carbocycles. The SMILES string of the molecule is C=C[SiH](C)COS(=O)(=O)OCCC. The summed E-state index contributed by atoms with van der Waals surface area (Å²) in [5.41, 5.74) is 1.76. The molecule has 0 fully saturated rings. The van der Waals surface area contributed by atoms with Crippen molar-refractivity contribution in [3.63, 3.8) is 0 Å². The van der Waals surface area contributed by atoms with E-state index in [9.17, 15) is 8.42 Å². The van der Waals surface area contributed by atoms with Gasteiger partial charge in [0.1, 0.15) is 0 Å². The topological polar surface area (TPSA) is 52.6 Å². The second kappa shape index (κ2) is 6.31. The Morgan fingerprint density at radius 1 is 1.46 bits per heavy atom. The Labute approximate surface area is 81.5 Å². The van der Waals surface area contributed by atoms with Gasteiger partial charge in [0, 0.05) is 0 Å². The minimum Gasteiger partial charge on any atom is -0.252 e. The summed E-state index contributed by atoms with van der Waals surface area (Å²) in [6.45, 7) is 7.52. The molecular formula is C7H16O4SSi. The van der Waals surface area contributed by atoms with Crippen LogP contribution in [-0.4, -0.2) is 30.1 Å². The van der Waals surface area contributed by atoms with E-state index in [4.69, 9.17) is 0 Å². The van der Waals surface area contributed by atoms with E-state index in [1.54, 1.807) is 5.70 Å². The van der Waals surface area contributed by atoms with Crippen molar-refractivity contribution in [1.82, 2.24) is 0 Å². The predicted molar refractivity (Wildman–Crippen MR) is 54.3 cm³/mol. The Kier molecular flexibility index (Phi) is 6.22. The Balaban J connectivity index is 3.82. The molecule has 0 saturated heterocycles. The molecule has 0 aliphatic carbocycles. The van der Waals surface area contributed by atoms with Gasteiger partial charge in [0.05, 0.1) is 21.6 Å². The fourth-order valence-electron chi connectivity index (χ4n) is 0.478. The molecule has 4 nitrogen and oxygen atoms in total. The van der Waals surface area contributed by atoms with E-state index < -0.39 is 19.2 Å². The zero-order chi connectivity index (χ0) is 10.3. The molecule has 0 N–H and O–H groups in total. The smallest absolute Gasteiger partial charge is 0.252 e. The molecule has 0 radical (unpaired) electrons. The van der Waals surface area contributed by atoms with Crippen molar-refractivity contribution in [3.05, 3.63) is 12.3 Å². The maximum absolute atomic E-state index is 11.0. The zero-order valence-corrected chi connectivity index (χ0v) is 10.00. The fourth-order valence-corrected chi connectivity index (χ4v) is 2.58. The van der Waals surface area contributed by atoms with Gasteiger partial charge in [0.25, 0.3) is 0 Å². The molecule has 0 aliphatic rings. The molecule has 1 atom stereocenters. The lowest BCUT2D eigenvalue weighted by Gasteiger charge is -2.06. The molecule has 0 amide bonds. The lowest BCUT2D eigenvalue weighted by molar-refractivity contribution is 0.235. The summed E-state index contributed by atoms with van der Waals surface area (Å²) in [5, 5.41) is 0. The Morgan fingerprint density at radius 3 is 2.54 bits per heavy atom. The summed E-state index contributed by atoms with van der Waals surface area (Å²) < 4.78 is 31.0. The van der Waals surface area contributed by atoms with E-state index in [0.717, 1.165) is 0 Å². The monoisotopic (exact) mass is 224 g/mol. The molecule has 0 saturated carbocycles. The number of hydrogen-bond acceptors (Lipinski definition) is 4. The van der Waals surface area contributed by atoms with Gasteiger partial charge >= 0.3 is 10.4 Å². The molecule has 0 aliphatic heterocycles. The molecule has 0 spiro atoms. The van der Waals surface area contributed by atoms with Crippen molar-refractivity contribution in [1.29, 1.82) is 0 Å². The largest absolute Gasteiger partial charge is 0.399 e. The predicted octanol–water partition coefficient (Wildman–Crippen LogP) is 0.796. The van der Waals surface area contributed by atoms with Gasteiger partial charge in [-0.1, -0.05) is 13.5 Å². The van der Waals surface area contributed by atoms with Crippen molar-refractivity contribution in [2.24, 2.45) is 0 Å². The molecule has 0 rings (SSSR count). The first-order valence-corrected chi connectivity index (χ1v) is 8.15. The molecule has 78 valence electrons. The summed E-state index contributed by atoms with van der Waals surface area (Å²) >= 11 is 0. The van der Waals surface area contributed by atoms with Gasteiger partial charge in [-0.15, -0.1) is 12.3 Å². The summed E-state index contributed by atoms with van der Waals surface area (Å²) in [6.07, 6.45) is 0.868. The molecule has 13 heavy (non-hydrogen) atoms. The van der Waals surface area contributed by atoms with Crippen LogP contribution in [0.4, 0.5) is 0 Å². The van der Waals surface area contributed by atoms with E-state index >= 15 is 0 Å². The lowest BCUT2D eigenvalue weighted by atomic mass is 10.5. The third kappa shape index (κ3) is 6.94. The summed E-state index contributed by atoms with van der Waals surface area (Å²) in [4.78, 5) is 0. The van der Waals surface area contributed by atoms with Crippen LogP contribution >= 0.6 is 0 Å². The average Bonchev–Trinajstić information content (AvgIpc) is 2.11. The number of hydrogen-bond donors (Lipinski definition) is 0. The van der Waals surface area contributed by atoms with Crippen molar-refractivity contribution >= 4 is 19.2 Å². The minimum atomic E-state index is -3.76. The summed E-state index contributed by atoms with van der Waals surface area (Å²) in [7, 11) is -4.99. The van der Waals surface area contributed by atoms with Crippen molar-refractivity contribution in [2.75, 3.05) is 12.8 Å².